The molecule has 1 atom stereocenters. The maximum atomic E-state index is 5.61. The molecule has 1 fully saturated rings. The van der Waals surface area contributed by atoms with E-state index in [2.05, 4.69) is 41.7 Å². The van der Waals surface area contributed by atoms with Crippen molar-refractivity contribution >= 4 is 5.65 Å². The Morgan fingerprint density at radius 2 is 1.67 bits per heavy atom. The van der Waals surface area contributed by atoms with Crippen molar-refractivity contribution in [3.63, 3.8) is 0 Å². The van der Waals surface area contributed by atoms with Crippen LogP contribution in [-0.2, 0) is 4.74 Å². The number of hydrogen-bond donors (Lipinski definition) is 1. The first-order valence-electron chi connectivity index (χ1n) is 9.21. The summed E-state index contributed by atoms with van der Waals surface area (Å²) in [4.78, 5) is 4.88. The van der Waals surface area contributed by atoms with Gasteiger partial charge in [-0.05, 0) is 6.07 Å². The van der Waals surface area contributed by atoms with Crippen molar-refractivity contribution in [2.75, 3.05) is 19.8 Å². The second kappa shape index (κ2) is 6.95. The summed E-state index contributed by atoms with van der Waals surface area (Å²) < 4.78 is 7.55. The molecular formula is C22H20N4O. The molecule has 0 radical (unpaired) electrons. The van der Waals surface area contributed by atoms with Crippen LogP contribution in [0.15, 0.2) is 72.8 Å². The van der Waals surface area contributed by atoms with Crippen LogP contribution in [0.5, 0.6) is 0 Å². The summed E-state index contributed by atoms with van der Waals surface area (Å²) in [7, 11) is 0. The molecule has 5 nitrogen and oxygen atoms in total. The Hall–Kier alpha value is -3.02. The molecule has 0 spiro atoms. The van der Waals surface area contributed by atoms with E-state index in [-0.39, 0.29) is 6.04 Å². The van der Waals surface area contributed by atoms with Crippen molar-refractivity contribution in [1.82, 2.24) is 19.9 Å². The molecule has 1 saturated heterocycles. The van der Waals surface area contributed by atoms with Gasteiger partial charge < -0.3 is 10.1 Å². The molecule has 0 bridgehead atoms. The third-order valence-corrected chi connectivity index (χ3v) is 4.86. The van der Waals surface area contributed by atoms with Crippen LogP contribution in [0.1, 0.15) is 11.7 Å². The van der Waals surface area contributed by atoms with E-state index in [1.165, 1.54) is 0 Å². The Morgan fingerprint density at radius 1 is 0.926 bits per heavy atom. The van der Waals surface area contributed by atoms with E-state index >= 15 is 0 Å². The predicted octanol–water partition coefficient (Wildman–Crippen LogP) is 3.72. The largest absolute Gasteiger partial charge is 0.378 e. The molecule has 0 saturated carbocycles. The van der Waals surface area contributed by atoms with Crippen LogP contribution in [0.25, 0.3) is 28.2 Å². The lowest BCUT2D eigenvalue weighted by atomic mass is 10.1. The molecule has 1 aliphatic rings. The van der Waals surface area contributed by atoms with E-state index in [1.807, 2.05) is 40.9 Å². The number of aromatic nitrogens is 3. The van der Waals surface area contributed by atoms with E-state index in [9.17, 15) is 0 Å². The first-order chi connectivity index (χ1) is 13.4. The molecule has 27 heavy (non-hydrogen) atoms. The maximum absolute atomic E-state index is 5.61. The molecule has 1 aliphatic heterocycles. The summed E-state index contributed by atoms with van der Waals surface area (Å²) >= 11 is 0. The first-order valence-corrected chi connectivity index (χ1v) is 9.21. The van der Waals surface area contributed by atoms with Crippen LogP contribution >= 0.6 is 0 Å². The van der Waals surface area contributed by atoms with Crippen molar-refractivity contribution in [2.45, 2.75) is 6.04 Å². The topological polar surface area (TPSA) is 51.5 Å². The molecule has 134 valence electrons. The lowest BCUT2D eigenvalue weighted by Gasteiger charge is -2.21. The molecule has 1 N–H and O–H groups in total. The number of benzene rings is 2. The van der Waals surface area contributed by atoms with Crippen molar-refractivity contribution in [1.29, 1.82) is 0 Å². The minimum Gasteiger partial charge on any atom is -0.378 e. The van der Waals surface area contributed by atoms with Gasteiger partial charge in [-0.2, -0.15) is 5.10 Å². The molecule has 5 rings (SSSR count). The average Bonchev–Trinajstić information content (AvgIpc) is 3.19. The number of ether oxygens (including phenoxy) is 1. The number of nitrogens with one attached hydrogen (secondary N) is 1. The van der Waals surface area contributed by atoms with Gasteiger partial charge in [-0.25, -0.2) is 9.50 Å². The highest BCUT2D eigenvalue weighted by Crippen LogP contribution is 2.27. The number of rotatable bonds is 3. The van der Waals surface area contributed by atoms with Crippen LogP contribution < -0.4 is 5.32 Å². The standard InChI is InChI=1S/C22H20N4O/c1-3-7-16(8-4-1)18-13-21(17-9-5-2-6-10-17)26-22(24-18)14-19(25-26)20-15-27-12-11-23-20/h1-10,13-14,20,23H,11-12,15H2. The number of fused-ring (bicyclic) bond motifs is 1. The summed E-state index contributed by atoms with van der Waals surface area (Å²) in [5.74, 6) is 0. The Kier molecular flexibility index (Phi) is 4.16. The Balaban J connectivity index is 1.70. The minimum atomic E-state index is 0.101. The van der Waals surface area contributed by atoms with Crippen molar-refractivity contribution < 1.29 is 4.74 Å². The average molecular weight is 356 g/mol. The zero-order chi connectivity index (χ0) is 18.1. The molecule has 0 amide bonds. The highest BCUT2D eigenvalue weighted by Gasteiger charge is 2.20. The second-order valence-corrected chi connectivity index (χ2v) is 6.68. The first kappa shape index (κ1) is 16.2. The van der Waals surface area contributed by atoms with Crippen LogP contribution in [-0.4, -0.2) is 34.4 Å². The Morgan fingerprint density at radius 3 is 2.37 bits per heavy atom. The zero-order valence-corrected chi connectivity index (χ0v) is 14.9. The summed E-state index contributed by atoms with van der Waals surface area (Å²) in [5.41, 5.74) is 5.99. The van der Waals surface area contributed by atoms with Crippen molar-refractivity contribution in [3.05, 3.63) is 78.5 Å². The highest BCUT2D eigenvalue weighted by atomic mass is 16.5. The number of hydrogen-bond acceptors (Lipinski definition) is 4. The Labute approximate surface area is 157 Å². The summed E-state index contributed by atoms with van der Waals surface area (Å²) in [5, 5.41) is 8.33. The smallest absolute Gasteiger partial charge is 0.156 e. The molecule has 3 heterocycles. The lowest BCUT2D eigenvalue weighted by molar-refractivity contribution is 0.0755. The fraction of sp³-hybridized carbons (Fsp3) is 0.182. The molecule has 4 aromatic rings. The van der Waals surface area contributed by atoms with Gasteiger partial charge in [0.15, 0.2) is 5.65 Å². The molecular weight excluding hydrogens is 336 g/mol. The molecule has 5 heteroatoms. The van der Waals surface area contributed by atoms with Crippen molar-refractivity contribution in [3.8, 4) is 22.5 Å². The van der Waals surface area contributed by atoms with E-state index in [0.717, 1.165) is 47.0 Å². The van der Waals surface area contributed by atoms with Gasteiger partial charge in [-0.15, -0.1) is 0 Å². The van der Waals surface area contributed by atoms with Gasteiger partial charge in [-0.3, -0.25) is 0 Å². The monoisotopic (exact) mass is 356 g/mol. The van der Waals surface area contributed by atoms with E-state index < -0.39 is 0 Å². The SMILES string of the molecule is c1ccc(-c2cc(-c3ccccc3)n3nc(C4COCCN4)cc3n2)cc1. The third-order valence-electron chi connectivity index (χ3n) is 4.86. The third kappa shape index (κ3) is 3.12. The van der Waals surface area contributed by atoms with Gasteiger partial charge in [0.05, 0.1) is 36.3 Å². The van der Waals surface area contributed by atoms with Gasteiger partial charge in [0.1, 0.15) is 0 Å². The van der Waals surface area contributed by atoms with Crippen molar-refractivity contribution in [2.24, 2.45) is 0 Å². The molecule has 0 aliphatic carbocycles. The minimum absolute atomic E-state index is 0.101. The van der Waals surface area contributed by atoms with Gasteiger partial charge in [-0.1, -0.05) is 60.7 Å². The summed E-state index contributed by atoms with van der Waals surface area (Å²) in [6.45, 7) is 2.22. The normalized spacial score (nSPS) is 17.3. The van der Waals surface area contributed by atoms with Crippen LogP contribution in [0.2, 0.25) is 0 Å². The summed E-state index contributed by atoms with van der Waals surface area (Å²) in [6, 6.07) is 24.9. The number of nitrogens with zero attached hydrogens (tertiary/aromatic N) is 3. The van der Waals surface area contributed by atoms with Crippen LogP contribution in [0.3, 0.4) is 0 Å². The molecule has 1 unspecified atom stereocenters. The lowest BCUT2D eigenvalue weighted by Crippen LogP contribution is -2.34. The highest BCUT2D eigenvalue weighted by molar-refractivity contribution is 5.71. The quantitative estimate of drug-likeness (QED) is 0.608. The van der Waals surface area contributed by atoms with Crippen LogP contribution in [0, 0.1) is 0 Å². The number of morpholine rings is 1. The second-order valence-electron chi connectivity index (χ2n) is 6.68. The van der Waals surface area contributed by atoms with Gasteiger partial charge in [0.2, 0.25) is 0 Å². The molecule has 2 aromatic carbocycles. The fourth-order valence-electron chi connectivity index (χ4n) is 3.49. The van der Waals surface area contributed by atoms with E-state index in [1.54, 1.807) is 0 Å². The maximum Gasteiger partial charge on any atom is 0.156 e. The zero-order valence-electron chi connectivity index (χ0n) is 14.9. The fourth-order valence-corrected chi connectivity index (χ4v) is 3.49. The Bertz CT molecular complexity index is 1050. The molecule has 2 aromatic heterocycles. The van der Waals surface area contributed by atoms with Gasteiger partial charge in [0.25, 0.3) is 0 Å². The van der Waals surface area contributed by atoms with E-state index in [0.29, 0.717) is 6.61 Å². The van der Waals surface area contributed by atoms with E-state index in [4.69, 9.17) is 14.8 Å². The van der Waals surface area contributed by atoms with Gasteiger partial charge >= 0.3 is 0 Å². The van der Waals surface area contributed by atoms with Crippen LogP contribution in [0.4, 0.5) is 0 Å². The predicted molar refractivity (Wildman–Crippen MR) is 105 cm³/mol. The summed E-state index contributed by atoms with van der Waals surface area (Å²) in [6.07, 6.45) is 0. The van der Waals surface area contributed by atoms with Gasteiger partial charge in [0, 0.05) is 23.7 Å².